The summed E-state index contributed by atoms with van der Waals surface area (Å²) in [5.74, 6) is 0.847. The maximum Gasteiger partial charge on any atom is 0.228 e. The van der Waals surface area contributed by atoms with Gasteiger partial charge in [-0.25, -0.2) is 0 Å². The van der Waals surface area contributed by atoms with E-state index < -0.39 is 0 Å². The lowest BCUT2D eigenvalue weighted by Crippen LogP contribution is -2.52. The van der Waals surface area contributed by atoms with Gasteiger partial charge in [0.1, 0.15) is 0 Å². The molecule has 1 aliphatic heterocycles. The van der Waals surface area contributed by atoms with E-state index in [0.717, 1.165) is 51.6 Å². The van der Waals surface area contributed by atoms with Crippen molar-refractivity contribution >= 4 is 18.3 Å². The van der Waals surface area contributed by atoms with E-state index >= 15 is 0 Å². The quantitative estimate of drug-likeness (QED) is 0.840. The number of benzene rings is 1. The molecule has 0 bridgehead atoms. The zero-order valence-corrected chi connectivity index (χ0v) is 15.9. The van der Waals surface area contributed by atoms with Gasteiger partial charge in [-0.05, 0) is 63.1 Å². The van der Waals surface area contributed by atoms with Gasteiger partial charge in [-0.2, -0.15) is 0 Å². The largest absolute Gasteiger partial charge is 0.384 e. The van der Waals surface area contributed by atoms with Crippen LogP contribution < -0.4 is 10.6 Å². The van der Waals surface area contributed by atoms with Crippen molar-refractivity contribution in [3.05, 3.63) is 35.9 Å². The molecule has 1 saturated carbocycles. The molecule has 1 aromatic rings. The van der Waals surface area contributed by atoms with Crippen LogP contribution in [0.25, 0.3) is 0 Å². The fourth-order valence-corrected chi connectivity index (χ4v) is 4.25. The molecule has 2 fully saturated rings. The molecule has 0 atom stereocenters. The molecule has 4 nitrogen and oxygen atoms in total. The molecule has 0 spiro atoms. The van der Waals surface area contributed by atoms with Crippen LogP contribution in [0.15, 0.2) is 30.3 Å². The SMILES string of the molecule is COCC1(C(=O)NC2CCC(c3ccccc3)CC2)CCNCC1.Cl. The zero-order chi connectivity index (χ0) is 16.8. The fraction of sp³-hybridized carbons (Fsp3) is 0.650. The van der Waals surface area contributed by atoms with Crippen molar-refractivity contribution in [3.63, 3.8) is 0 Å². The predicted octanol–water partition coefficient (Wildman–Crippen LogP) is 3.27. The molecule has 2 N–H and O–H groups in total. The number of carbonyl (C=O) groups excluding carboxylic acids is 1. The molecule has 1 heterocycles. The number of methoxy groups -OCH3 is 1. The molecular formula is C20H31ClN2O2. The summed E-state index contributed by atoms with van der Waals surface area (Å²) in [6.07, 6.45) is 6.21. The third kappa shape index (κ3) is 4.96. The number of ether oxygens (including phenoxy) is 1. The van der Waals surface area contributed by atoms with Crippen molar-refractivity contribution in [2.24, 2.45) is 5.41 Å². The van der Waals surface area contributed by atoms with Gasteiger partial charge in [0.2, 0.25) is 5.91 Å². The van der Waals surface area contributed by atoms with E-state index in [0.29, 0.717) is 18.6 Å². The van der Waals surface area contributed by atoms with E-state index in [1.165, 1.54) is 5.56 Å². The number of halogens is 1. The van der Waals surface area contributed by atoms with Gasteiger partial charge in [0.05, 0.1) is 12.0 Å². The molecule has 1 amide bonds. The Hall–Kier alpha value is -1.10. The van der Waals surface area contributed by atoms with E-state index in [1.807, 2.05) is 0 Å². The first-order valence-corrected chi connectivity index (χ1v) is 9.29. The molecule has 1 saturated heterocycles. The summed E-state index contributed by atoms with van der Waals surface area (Å²) >= 11 is 0. The van der Waals surface area contributed by atoms with Crippen molar-refractivity contribution in [1.29, 1.82) is 0 Å². The van der Waals surface area contributed by atoms with Crippen molar-refractivity contribution in [1.82, 2.24) is 10.6 Å². The first kappa shape index (κ1) is 20.2. The summed E-state index contributed by atoms with van der Waals surface area (Å²) in [6.45, 7) is 2.33. The molecule has 0 unspecified atom stereocenters. The zero-order valence-electron chi connectivity index (χ0n) is 15.1. The van der Waals surface area contributed by atoms with Gasteiger partial charge in [0, 0.05) is 13.2 Å². The highest BCUT2D eigenvalue weighted by Gasteiger charge is 2.40. The Morgan fingerprint density at radius 3 is 2.40 bits per heavy atom. The van der Waals surface area contributed by atoms with Crippen LogP contribution in [0.3, 0.4) is 0 Å². The monoisotopic (exact) mass is 366 g/mol. The lowest BCUT2D eigenvalue weighted by Gasteiger charge is -2.38. The van der Waals surface area contributed by atoms with Gasteiger partial charge in [0.25, 0.3) is 0 Å². The minimum atomic E-state index is -0.337. The second-order valence-corrected chi connectivity index (χ2v) is 7.40. The molecule has 5 heteroatoms. The van der Waals surface area contributed by atoms with Gasteiger partial charge in [-0.3, -0.25) is 4.79 Å². The molecule has 3 rings (SSSR count). The Balaban J connectivity index is 0.00000225. The van der Waals surface area contributed by atoms with Crippen LogP contribution in [0, 0.1) is 5.41 Å². The van der Waals surface area contributed by atoms with Gasteiger partial charge in [-0.1, -0.05) is 30.3 Å². The predicted molar refractivity (Wildman–Crippen MR) is 103 cm³/mol. The number of amides is 1. The maximum absolute atomic E-state index is 12.9. The number of carbonyl (C=O) groups is 1. The second kappa shape index (κ2) is 9.56. The Morgan fingerprint density at radius 2 is 1.80 bits per heavy atom. The average molecular weight is 367 g/mol. The summed E-state index contributed by atoms with van der Waals surface area (Å²) < 4.78 is 5.38. The standard InChI is InChI=1S/C20H30N2O2.ClH/c1-24-15-20(11-13-21-14-12-20)19(23)22-18-9-7-17(8-10-18)16-5-3-2-4-6-16;/h2-6,17-18,21H,7-15H2,1H3,(H,22,23);1H. The molecule has 1 aromatic carbocycles. The fourth-order valence-electron chi connectivity index (χ4n) is 4.25. The Bertz CT molecular complexity index is 518. The topological polar surface area (TPSA) is 50.4 Å². The summed E-state index contributed by atoms with van der Waals surface area (Å²) in [4.78, 5) is 12.9. The number of hydrogen-bond donors (Lipinski definition) is 2. The average Bonchev–Trinajstić information content (AvgIpc) is 2.64. The maximum atomic E-state index is 12.9. The van der Waals surface area contributed by atoms with E-state index in [1.54, 1.807) is 7.11 Å². The minimum absolute atomic E-state index is 0. The van der Waals surface area contributed by atoms with Crippen molar-refractivity contribution in [3.8, 4) is 0 Å². The van der Waals surface area contributed by atoms with Crippen molar-refractivity contribution in [2.45, 2.75) is 50.5 Å². The second-order valence-electron chi connectivity index (χ2n) is 7.40. The number of piperidine rings is 1. The first-order valence-electron chi connectivity index (χ1n) is 9.29. The molecule has 0 aromatic heterocycles. The lowest BCUT2D eigenvalue weighted by atomic mass is 9.77. The molecule has 1 aliphatic carbocycles. The number of hydrogen-bond acceptors (Lipinski definition) is 3. The summed E-state index contributed by atoms with van der Waals surface area (Å²) in [7, 11) is 1.70. The normalized spacial score (nSPS) is 25.6. The highest BCUT2D eigenvalue weighted by atomic mass is 35.5. The van der Waals surface area contributed by atoms with Crippen molar-refractivity contribution in [2.75, 3.05) is 26.8 Å². The Kier molecular flexibility index (Phi) is 7.73. The van der Waals surface area contributed by atoms with Crippen molar-refractivity contribution < 1.29 is 9.53 Å². The number of nitrogens with one attached hydrogen (secondary N) is 2. The van der Waals surface area contributed by atoms with Gasteiger partial charge >= 0.3 is 0 Å². The number of rotatable bonds is 5. The highest BCUT2D eigenvalue weighted by molar-refractivity contribution is 5.85. The molecular weight excluding hydrogens is 336 g/mol. The van der Waals surface area contributed by atoms with E-state index in [2.05, 4.69) is 41.0 Å². The van der Waals surface area contributed by atoms with Crippen LogP contribution >= 0.6 is 12.4 Å². The molecule has 25 heavy (non-hydrogen) atoms. The van der Waals surface area contributed by atoms with Crippen LogP contribution in [0.1, 0.15) is 50.0 Å². The molecule has 0 radical (unpaired) electrons. The van der Waals surface area contributed by atoms with Crippen LogP contribution in [-0.4, -0.2) is 38.8 Å². The van der Waals surface area contributed by atoms with Crippen LogP contribution in [0.5, 0.6) is 0 Å². The van der Waals surface area contributed by atoms with Gasteiger partial charge < -0.3 is 15.4 Å². The van der Waals surface area contributed by atoms with Crippen LogP contribution in [0.4, 0.5) is 0 Å². The van der Waals surface area contributed by atoms with E-state index in [-0.39, 0.29) is 23.7 Å². The molecule has 2 aliphatic rings. The summed E-state index contributed by atoms with van der Waals surface area (Å²) in [5.41, 5.74) is 1.10. The minimum Gasteiger partial charge on any atom is -0.384 e. The smallest absolute Gasteiger partial charge is 0.228 e. The van der Waals surface area contributed by atoms with Gasteiger partial charge in [-0.15, -0.1) is 12.4 Å². The first-order chi connectivity index (χ1) is 11.7. The summed E-state index contributed by atoms with van der Waals surface area (Å²) in [6, 6.07) is 11.1. The Morgan fingerprint density at radius 1 is 1.16 bits per heavy atom. The van der Waals surface area contributed by atoms with E-state index in [4.69, 9.17) is 4.74 Å². The van der Waals surface area contributed by atoms with E-state index in [9.17, 15) is 4.79 Å². The summed E-state index contributed by atoms with van der Waals surface area (Å²) in [5, 5.41) is 6.68. The lowest BCUT2D eigenvalue weighted by molar-refractivity contribution is -0.137. The highest BCUT2D eigenvalue weighted by Crippen LogP contribution is 2.34. The third-order valence-electron chi connectivity index (χ3n) is 5.80. The van der Waals surface area contributed by atoms with Crippen LogP contribution in [0.2, 0.25) is 0 Å². The molecule has 140 valence electrons. The van der Waals surface area contributed by atoms with Gasteiger partial charge in [0.15, 0.2) is 0 Å². The van der Waals surface area contributed by atoms with Crippen LogP contribution in [-0.2, 0) is 9.53 Å². The Labute approximate surface area is 157 Å². The third-order valence-corrected chi connectivity index (χ3v) is 5.80.